The molecule has 0 atom stereocenters. The van der Waals surface area contributed by atoms with Crippen molar-refractivity contribution in [3.05, 3.63) is 53.9 Å². The van der Waals surface area contributed by atoms with E-state index < -0.39 is 0 Å². The lowest BCUT2D eigenvalue weighted by Crippen LogP contribution is -2.46. The number of likely N-dealkylation sites (tertiary alicyclic amines) is 1. The zero-order chi connectivity index (χ0) is 18.5. The molecular weight excluding hydrogens is 330 g/mol. The Morgan fingerprint density at radius 3 is 2.54 bits per heavy atom. The summed E-state index contributed by atoms with van der Waals surface area (Å²) in [7, 11) is 0. The Morgan fingerprint density at radius 1 is 1.19 bits per heavy atom. The summed E-state index contributed by atoms with van der Waals surface area (Å²) in [5.74, 6) is -0.0759. The molecule has 1 aromatic heterocycles. The van der Waals surface area contributed by atoms with Crippen LogP contribution in [0.4, 0.5) is 4.79 Å². The van der Waals surface area contributed by atoms with Gasteiger partial charge in [0.15, 0.2) is 0 Å². The number of aryl methyl sites for hydroxylation is 1. The number of nitrogens with one attached hydrogen (secondary N) is 1. The molecule has 1 saturated heterocycles. The van der Waals surface area contributed by atoms with Crippen LogP contribution in [0.2, 0.25) is 0 Å². The van der Waals surface area contributed by atoms with E-state index in [9.17, 15) is 9.59 Å². The van der Waals surface area contributed by atoms with Crippen LogP contribution in [0.25, 0.3) is 5.69 Å². The van der Waals surface area contributed by atoms with Gasteiger partial charge in [-0.3, -0.25) is 4.79 Å². The Morgan fingerprint density at radius 2 is 1.88 bits per heavy atom. The molecule has 26 heavy (non-hydrogen) atoms. The first kappa shape index (κ1) is 18.0. The molecule has 1 aliphatic heterocycles. The standard InChI is InChI=1S/C20H25N3O3/c1-3-26-20(25)23-12-8-17(9-13-23)21-19(24)16-7-6-15(2)18(14-16)22-10-4-5-11-22/h4-7,10-11,14,17H,3,8-9,12-13H2,1-2H3,(H,21,24). The summed E-state index contributed by atoms with van der Waals surface area (Å²) in [5.41, 5.74) is 2.76. The third-order valence-corrected chi connectivity index (χ3v) is 4.71. The van der Waals surface area contributed by atoms with E-state index >= 15 is 0 Å². The minimum Gasteiger partial charge on any atom is -0.450 e. The number of benzene rings is 1. The molecular formula is C20H25N3O3. The third kappa shape index (κ3) is 4.07. The van der Waals surface area contributed by atoms with Crippen molar-refractivity contribution in [1.29, 1.82) is 0 Å². The smallest absolute Gasteiger partial charge is 0.409 e. The van der Waals surface area contributed by atoms with Crippen LogP contribution in [0, 0.1) is 6.92 Å². The van der Waals surface area contributed by atoms with Gasteiger partial charge in [0.2, 0.25) is 0 Å². The van der Waals surface area contributed by atoms with E-state index in [0.717, 1.165) is 24.1 Å². The van der Waals surface area contributed by atoms with Crippen LogP contribution in [0.5, 0.6) is 0 Å². The highest BCUT2D eigenvalue weighted by Crippen LogP contribution is 2.18. The van der Waals surface area contributed by atoms with Gasteiger partial charge in [-0.1, -0.05) is 6.07 Å². The number of carbonyl (C=O) groups excluding carboxylic acids is 2. The molecule has 0 spiro atoms. The van der Waals surface area contributed by atoms with Gasteiger partial charge in [0.25, 0.3) is 5.91 Å². The fourth-order valence-corrected chi connectivity index (χ4v) is 3.21. The molecule has 6 heteroatoms. The molecule has 0 radical (unpaired) electrons. The number of rotatable bonds is 4. The van der Waals surface area contributed by atoms with Gasteiger partial charge in [0.1, 0.15) is 0 Å². The molecule has 0 aliphatic carbocycles. The fourth-order valence-electron chi connectivity index (χ4n) is 3.21. The first-order chi connectivity index (χ1) is 12.6. The molecule has 0 bridgehead atoms. The number of ether oxygens (including phenoxy) is 1. The maximum absolute atomic E-state index is 12.6. The highest BCUT2D eigenvalue weighted by Gasteiger charge is 2.25. The Kier molecular flexibility index (Phi) is 5.61. The lowest BCUT2D eigenvalue weighted by molar-refractivity contribution is 0.0860. The molecule has 6 nitrogen and oxygen atoms in total. The molecule has 1 aromatic carbocycles. The molecule has 3 rings (SSSR count). The highest BCUT2D eigenvalue weighted by molar-refractivity contribution is 5.95. The van der Waals surface area contributed by atoms with Crippen molar-refractivity contribution >= 4 is 12.0 Å². The molecule has 0 saturated carbocycles. The Bertz CT molecular complexity index is 763. The lowest BCUT2D eigenvalue weighted by atomic mass is 10.0. The van der Waals surface area contributed by atoms with Crippen LogP contribution in [-0.4, -0.2) is 47.2 Å². The lowest BCUT2D eigenvalue weighted by Gasteiger charge is -2.31. The monoisotopic (exact) mass is 355 g/mol. The van der Waals surface area contributed by atoms with Crippen molar-refractivity contribution < 1.29 is 14.3 Å². The van der Waals surface area contributed by atoms with Crippen LogP contribution in [0.1, 0.15) is 35.7 Å². The largest absolute Gasteiger partial charge is 0.450 e. The number of nitrogens with zero attached hydrogens (tertiary/aromatic N) is 2. The van der Waals surface area contributed by atoms with Crippen molar-refractivity contribution in [1.82, 2.24) is 14.8 Å². The van der Waals surface area contributed by atoms with Gasteiger partial charge in [0, 0.05) is 42.8 Å². The van der Waals surface area contributed by atoms with Crippen molar-refractivity contribution in [3.63, 3.8) is 0 Å². The predicted molar refractivity (Wildman–Crippen MR) is 99.6 cm³/mol. The maximum Gasteiger partial charge on any atom is 0.409 e. The van der Waals surface area contributed by atoms with Crippen LogP contribution >= 0.6 is 0 Å². The quantitative estimate of drug-likeness (QED) is 0.916. The van der Waals surface area contributed by atoms with Gasteiger partial charge < -0.3 is 19.5 Å². The van der Waals surface area contributed by atoms with Crippen molar-refractivity contribution in [3.8, 4) is 5.69 Å². The molecule has 2 aromatic rings. The number of hydrogen-bond donors (Lipinski definition) is 1. The third-order valence-electron chi connectivity index (χ3n) is 4.71. The van der Waals surface area contributed by atoms with E-state index in [2.05, 4.69) is 5.32 Å². The van der Waals surface area contributed by atoms with E-state index in [1.54, 1.807) is 11.8 Å². The Hall–Kier alpha value is -2.76. The molecule has 1 aliphatic rings. The van der Waals surface area contributed by atoms with Gasteiger partial charge in [-0.15, -0.1) is 0 Å². The molecule has 1 fully saturated rings. The van der Waals surface area contributed by atoms with Gasteiger partial charge in [-0.05, 0) is 56.5 Å². The van der Waals surface area contributed by atoms with Crippen molar-refractivity contribution in [2.75, 3.05) is 19.7 Å². The summed E-state index contributed by atoms with van der Waals surface area (Å²) in [5, 5.41) is 3.09. The molecule has 1 N–H and O–H groups in total. The zero-order valence-corrected chi connectivity index (χ0v) is 15.3. The molecule has 138 valence electrons. The summed E-state index contributed by atoms with van der Waals surface area (Å²) in [6, 6.07) is 9.73. The van der Waals surface area contributed by atoms with E-state index in [0.29, 0.717) is 25.3 Å². The van der Waals surface area contributed by atoms with Crippen LogP contribution in [-0.2, 0) is 4.74 Å². The highest BCUT2D eigenvalue weighted by atomic mass is 16.6. The van der Waals surface area contributed by atoms with Crippen LogP contribution in [0.3, 0.4) is 0 Å². The van der Waals surface area contributed by atoms with E-state index in [1.165, 1.54) is 0 Å². The van der Waals surface area contributed by atoms with E-state index in [-0.39, 0.29) is 18.0 Å². The normalized spacial score (nSPS) is 14.9. The summed E-state index contributed by atoms with van der Waals surface area (Å²) >= 11 is 0. The second-order valence-corrected chi connectivity index (χ2v) is 6.53. The first-order valence-corrected chi connectivity index (χ1v) is 9.05. The van der Waals surface area contributed by atoms with Gasteiger partial charge in [-0.25, -0.2) is 4.79 Å². The maximum atomic E-state index is 12.6. The SMILES string of the molecule is CCOC(=O)N1CCC(NC(=O)c2ccc(C)c(-n3cccc3)c2)CC1. The van der Waals surface area contributed by atoms with Crippen molar-refractivity contribution in [2.24, 2.45) is 0 Å². The number of hydrogen-bond acceptors (Lipinski definition) is 3. The van der Waals surface area contributed by atoms with E-state index in [4.69, 9.17) is 4.74 Å². The average molecular weight is 355 g/mol. The van der Waals surface area contributed by atoms with E-state index in [1.807, 2.05) is 54.2 Å². The first-order valence-electron chi connectivity index (χ1n) is 9.05. The number of amides is 2. The fraction of sp³-hybridized carbons (Fsp3) is 0.400. The Balaban J connectivity index is 1.61. The minimum atomic E-state index is -0.271. The molecule has 2 amide bonds. The minimum absolute atomic E-state index is 0.0736. The topological polar surface area (TPSA) is 63.6 Å². The van der Waals surface area contributed by atoms with Gasteiger partial charge >= 0.3 is 6.09 Å². The van der Waals surface area contributed by atoms with Crippen molar-refractivity contribution in [2.45, 2.75) is 32.7 Å². The van der Waals surface area contributed by atoms with Crippen LogP contribution < -0.4 is 5.32 Å². The second-order valence-electron chi connectivity index (χ2n) is 6.53. The number of piperidine rings is 1. The number of aromatic nitrogens is 1. The summed E-state index contributed by atoms with van der Waals surface area (Å²) < 4.78 is 7.03. The zero-order valence-electron chi connectivity index (χ0n) is 15.3. The van der Waals surface area contributed by atoms with Crippen LogP contribution in [0.15, 0.2) is 42.7 Å². The second kappa shape index (κ2) is 8.08. The summed E-state index contributed by atoms with van der Waals surface area (Å²) in [6.45, 7) is 5.42. The molecule has 2 heterocycles. The summed E-state index contributed by atoms with van der Waals surface area (Å²) in [4.78, 5) is 26.1. The van der Waals surface area contributed by atoms with Gasteiger partial charge in [0.05, 0.1) is 6.61 Å². The predicted octanol–water partition coefficient (Wildman–Crippen LogP) is 3.14. The number of carbonyl (C=O) groups is 2. The average Bonchev–Trinajstić information content (AvgIpc) is 3.17. The Labute approximate surface area is 153 Å². The summed E-state index contributed by atoms with van der Waals surface area (Å²) in [6.07, 6.45) is 5.14. The molecule has 0 unspecified atom stereocenters. The van der Waals surface area contributed by atoms with Gasteiger partial charge in [-0.2, -0.15) is 0 Å².